The van der Waals surface area contributed by atoms with Gasteiger partial charge in [-0.25, -0.2) is 0 Å². The number of aryl methyl sites for hydroxylation is 1. The Kier molecular flexibility index (Phi) is 2.74. The molecular formula is C13H13ClN+. The van der Waals surface area contributed by atoms with Gasteiger partial charge in [0.15, 0.2) is 12.2 Å². The molecule has 0 fully saturated rings. The van der Waals surface area contributed by atoms with Crippen molar-refractivity contribution in [3.8, 4) is 0 Å². The predicted molar refractivity (Wildman–Crippen MR) is 64.1 cm³/mol. The summed E-state index contributed by atoms with van der Waals surface area (Å²) in [4.78, 5) is 0. The fourth-order valence-corrected chi connectivity index (χ4v) is 2.13. The Morgan fingerprint density at radius 1 is 1.40 bits per heavy atom. The monoisotopic (exact) mass is 218 g/mol. The molecule has 76 valence electrons. The van der Waals surface area contributed by atoms with E-state index in [-0.39, 0.29) is 0 Å². The molecule has 0 amide bonds. The van der Waals surface area contributed by atoms with E-state index in [0.29, 0.717) is 0 Å². The summed E-state index contributed by atoms with van der Waals surface area (Å²) in [7, 11) is 0. The van der Waals surface area contributed by atoms with Crippen LogP contribution in [0.4, 0.5) is 0 Å². The zero-order chi connectivity index (χ0) is 10.8. The standard InChI is InChI=1S/C13H13ClN/c1-3-8-15-10(2)9-12(14)11-6-4-5-7-13(11)15/h3-7,9H,1,8H2,2H3/q+1. The van der Waals surface area contributed by atoms with Gasteiger partial charge in [-0.1, -0.05) is 30.3 Å². The van der Waals surface area contributed by atoms with Crippen LogP contribution in [-0.4, -0.2) is 0 Å². The molecule has 2 heteroatoms. The molecule has 0 aliphatic rings. The lowest BCUT2D eigenvalue weighted by Crippen LogP contribution is -2.37. The molecule has 1 aromatic carbocycles. The van der Waals surface area contributed by atoms with Crippen LogP contribution in [0.3, 0.4) is 0 Å². The molecule has 1 heterocycles. The smallest absolute Gasteiger partial charge is 0.192 e. The summed E-state index contributed by atoms with van der Waals surface area (Å²) in [6.07, 6.45) is 1.90. The zero-order valence-electron chi connectivity index (χ0n) is 8.70. The van der Waals surface area contributed by atoms with Crippen LogP contribution in [0, 0.1) is 6.92 Å². The topological polar surface area (TPSA) is 3.88 Å². The molecule has 0 radical (unpaired) electrons. The third-order valence-electron chi connectivity index (χ3n) is 2.53. The van der Waals surface area contributed by atoms with Gasteiger partial charge in [-0.3, -0.25) is 0 Å². The minimum atomic E-state index is 0.809. The van der Waals surface area contributed by atoms with Crippen LogP contribution >= 0.6 is 11.6 Å². The third-order valence-corrected chi connectivity index (χ3v) is 2.84. The molecule has 0 spiro atoms. The highest BCUT2D eigenvalue weighted by Gasteiger charge is 2.13. The van der Waals surface area contributed by atoms with Crippen LogP contribution in [0.2, 0.25) is 5.02 Å². The van der Waals surface area contributed by atoms with E-state index in [1.807, 2.05) is 30.3 Å². The van der Waals surface area contributed by atoms with Gasteiger partial charge in [-0.05, 0) is 12.1 Å². The van der Waals surface area contributed by atoms with Crippen molar-refractivity contribution < 1.29 is 4.57 Å². The summed E-state index contributed by atoms with van der Waals surface area (Å²) in [5.41, 5.74) is 2.31. The first-order chi connectivity index (χ1) is 7.24. The Labute approximate surface area is 94.6 Å². The van der Waals surface area contributed by atoms with Crippen molar-refractivity contribution in [2.24, 2.45) is 0 Å². The van der Waals surface area contributed by atoms with E-state index in [9.17, 15) is 0 Å². The van der Waals surface area contributed by atoms with Gasteiger partial charge in [0.25, 0.3) is 0 Å². The van der Waals surface area contributed by atoms with Crippen molar-refractivity contribution in [1.29, 1.82) is 0 Å². The molecule has 0 saturated heterocycles. The number of rotatable bonds is 2. The minimum Gasteiger partial charge on any atom is -0.192 e. The fourth-order valence-electron chi connectivity index (χ4n) is 1.81. The lowest BCUT2D eigenvalue weighted by molar-refractivity contribution is -0.667. The van der Waals surface area contributed by atoms with Crippen molar-refractivity contribution in [1.82, 2.24) is 0 Å². The zero-order valence-corrected chi connectivity index (χ0v) is 9.46. The van der Waals surface area contributed by atoms with E-state index in [1.165, 1.54) is 0 Å². The lowest BCUT2D eigenvalue weighted by Gasteiger charge is -2.04. The molecule has 0 unspecified atom stereocenters. The van der Waals surface area contributed by atoms with E-state index < -0.39 is 0 Å². The van der Waals surface area contributed by atoms with Crippen LogP contribution in [0.5, 0.6) is 0 Å². The molecule has 1 aromatic heterocycles. The number of allylic oxidation sites excluding steroid dienone is 1. The van der Waals surface area contributed by atoms with E-state index in [4.69, 9.17) is 11.6 Å². The van der Waals surface area contributed by atoms with E-state index in [1.54, 1.807) is 0 Å². The van der Waals surface area contributed by atoms with Gasteiger partial charge in [-0.15, -0.1) is 0 Å². The molecule has 1 nitrogen and oxygen atoms in total. The Balaban J connectivity index is 2.83. The second-order valence-electron chi connectivity index (χ2n) is 3.55. The SMILES string of the molecule is C=CC[n+]1c(C)cc(Cl)c2ccccc21. The first-order valence-electron chi connectivity index (χ1n) is 4.92. The number of fused-ring (bicyclic) bond motifs is 1. The van der Waals surface area contributed by atoms with Gasteiger partial charge < -0.3 is 0 Å². The first kappa shape index (κ1) is 10.2. The van der Waals surface area contributed by atoms with Crippen molar-refractivity contribution in [2.75, 3.05) is 0 Å². The highest BCUT2D eigenvalue weighted by molar-refractivity contribution is 6.35. The molecule has 0 atom stereocenters. The largest absolute Gasteiger partial charge is 0.214 e. The van der Waals surface area contributed by atoms with E-state index in [0.717, 1.165) is 28.2 Å². The minimum absolute atomic E-state index is 0.809. The summed E-state index contributed by atoms with van der Waals surface area (Å²) in [5, 5.41) is 1.90. The van der Waals surface area contributed by atoms with Gasteiger partial charge in [0.1, 0.15) is 0 Å². The molecule has 15 heavy (non-hydrogen) atoms. The second kappa shape index (κ2) is 4.03. The molecule has 2 aromatic rings. The molecule has 0 N–H and O–H groups in total. The highest BCUT2D eigenvalue weighted by atomic mass is 35.5. The Bertz CT molecular complexity index is 517. The molecule has 0 saturated carbocycles. The number of aromatic nitrogens is 1. The number of para-hydroxylation sites is 1. The normalized spacial score (nSPS) is 10.5. The molecule has 0 aliphatic carbocycles. The van der Waals surface area contributed by atoms with Gasteiger partial charge >= 0.3 is 0 Å². The van der Waals surface area contributed by atoms with Crippen molar-refractivity contribution in [3.05, 3.63) is 53.7 Å². The van der Waals surface area contributed by atoms with Crippen LogP contribution in [0.25, 0.3) is 10.9 Å². The van der Waals surface area contributed by atoms with E-state index in [2.05, 4.69) is 24.1 Å². The number of benzene rings is 1. The lowest BCUT2D eigenvalue weighted by atomic mass is 10.2. The van der Waals surface area contributed by atoms with Gasteiger partial charge in [-0.2, -0.15) is 4.57 Å². The van der Waals surface area contributed by atoms with Gasteiger partial charge in [0.2, 0.25) is 5.52 Å². The fraction of sp³-hybridized carbons (Fsp3) is 0.154. The molecule has 0 aliphatic heterocycles. The summed E-state index contributed by atoms with van der Waals surface area (Å²) in [6, 6.07) is 10.1. The maximum Gasteiger partial charge on any atom is 0.214 e. The van der Waals surface area contributed by atoms with Gasteiger partial charge in [0, 0.05) is 19.1 Å². The number of pyridine rings is 1. The molecule has 0 bridgehead atoms. The quantitative estimate of drug-likeness (QED) is 0.538. The van der Waals surface area contributed by atoms with Crippen molar-refractivity contribution >= 4 is 22.5 Å². The number of hydrogen-bond acceptors (Lipinski definition) is 0. The second-order valence-corrected chi connectivity index (χ2v) is 3.96. The Morgan fingerprint density at radius 3 is 2.87 bits per heavy atom. The van der Waals surface area contributed by atoms with E-state index >= 15 is 0 Å². The highest BCUT2D eigenvalue weighted by Crippen LogP contribution is 2.21. The Morgan fingerprint density at radius 2 is 2.13 bits per heavy atom. The average Bonchev–Trinajstić information content (AvgIpc) is 2.24. The summed E-state index contributed by atoms with van der Waals surface area (Å²) < 4.78 is 2.20. The molecular weight excluding hydrogens is 206 g/mol. The Hall–Kier alpha value is -1.34. The van der Waals surface area contributed by atoms with Crippen molar-refractivity contribution in [3.63, 3.8) is 0 Å². The number of nitrogens with zero attached hydrogens (tertiary/aromatic N) is 1. The summed E-state index contributed by atoms with van der Waals surface area (Å²) in [5.74, 6) is 0. The van der Waals surface area contributed by atoms with Gasteiger partial charge in [0.05, 0.1) is 10.4 Å². The number of halogens is 1. The molecule has 2 rings (SSSR count). The maximum atomic E-state index is 6.20. The van der Waals surface area contributed by atoms with Crippen LogP contribution in [0.15, 0.2) is 43.0 Å². The van der Waals surface area contributed by atoms with Crippen LogP contribution in [-0.2, 0) is 6.54 Å². The van der Waals surface area contributed by atoms with Crippen molar-refractivity contribution in [2.45, 2.75) is 13.5 Å². The summed E-state index contributed by atoms with van der Waals surface area (Å²) >= 11 is 6.20. The average molecular weight is 219 g/mol. The third kappa shape index (κ3) is 1.75. The first-order valence-corrected chi connectivity index (χ1v) is 5.30. The summed E-state index contributed by atoms with van der Waals surface area (Å²) in [6.45, 7) is 6.64. The number of hydrogen-bond donors (Lipinski definition) is 0. The maximum absolute atomic E-state index is 6.20. The van der Waals surface area contributed by atoms with Crippen LogP contribution in [0.1, 0.15) is 5.69 Å². The predicted octanol–water partition coefficient (Wildman–Crippen LogP) is 3.28. The van der Waals surface area contributed by atoms with Crippen LogP contribution < -0.4 is 4.57 Å².